The number of fused-ring (bicyclic) bond motifs is 9. The van der Waals surface area contributed by atoms with Gasteiger partial charge >= 0.3 is 0 Å². The molecule has 0 radical (unpaired) electrons. The van der Waals surface area contributed by atoms with Crippen LogP contribution in [0, 0.1) is 34.9 Å². The van der Waals surface area contributed by atoms with E-state index in [0.717, 1.165) is 22.4 Å². The minimum absolute atomic E-state index is 0.0437. The van der Waals surface area contributed by atoms with E-state index in [2.05, 4.69) is 16.7 Å². The molecular weight excluding hydrogens is 353 g/mol. The Morgan fingerprint density at radius 1 is 1.14 bits per heavy atom. The molecule has 5 atom stereocenters. The summed E-state index contributed by atoms with van der Waals surface area (Å²) in [5.41, 5.74) is 5.26. The average molecular weight is 373 g/mol. The lowest BCUT2D eigenvalue weighted by Crippen LogP contribution is -2.36. The maximum absolute atomic E-state index is 13.9. The van der Waals surface area contributed by atoms with Gasteiger partial charge in [0.2, 0.25) is 0 Å². The predicted octanol–water partition coefficient (Wildman–Crippen LogP) is 4.24. The summed E-state index contributed by atoms with van der Waals surface area (Å²) in [5.74, 6) is 1.52. The van der Waals surface area contributed by atoms with E-state index in [1.165, 1.54) is 30.9 Å². The zero-order valence-corrected chi connectivity index (χ0v) is 15.3. The summed E-state index contributed by atoms with van der Waals surface area (Å²) in [4.78, 5) is 12.6. The molecule has 2 fully saturated rings. The number of carbonyl (C=O) groups is 1. The van der Waals surface area contributed by atoms with Crippen molar-refractivity contribution in [3.63, 3.8) is 0 Å². The number of benzene rings is 2. The number of rotatable bonds is 1. The Morgan fingerprint density at radius 3 is 2.86 bits per heavy atom. The molecule has 2 aliphatic carbocycles. The third-order valence-electron chi connectivity index (χ3n) is 7.48. The quantitative estimate of drug-likeness (QED) is 0.786. The molecule has 2 aliphatic heterocycles. The number of hydrogen-bond donors (Lipinski definition) is 2. The Hall–Kier alpha value is -2.87. The highest BCUT2D eigenvalue weighted by Crippen LogP contribution is 2.64. The zero-order chi connectivity index (χ0) is 19.0. The first kappa shape index (κ1) is 16.1. The summed E-state index contributed by atoms with van der Waals surface area (Å²) in [6.45, 7) is 0.611. The fraction of sp³-hybridized carbons (Fsp3) is 0.391. The molecular formula is C23H20FN3O. The smallest absolute Gasteiger partial charge is 0.252 e. The lowest BCUT2D eigenvalue weighted by Gasteiger charge is -2.44. The van der Waals surface area contributed by atoms with Crippen LogP contribution >= 0.6 is 0 Å². The van der Waals surface area contributed by atoms with Gasteiger partial charge in [0.1, 0.15) is 11.9 Å². The number of halogens is 1. The molecule has 2 N–H and O–H groups in total. The Bertz CT molecular complexity index is 1070. The predicted molar refractivity (Wildman–Crippen MR) is 102 cm³/mol. The molecule has 2 aromatic carbocycles. The first-order valence-corrected chi connectivity index (χ1v) is 10.1. The Labute approximate surface area is 162 Å². The molecule has 4 aliphatic rings. The van der Waals surface area contributed by atoms with Crippen molar-refractivity contribution < 1.29 is 9.18 Å². The molecule has 6 rings (SSSR count). The van der Waals surface area contributed by atoms with Crippen molar-refractivity contribution >= 4 is 11.6 Å². The normalized spacial score (nSPS) is 31.4. The van der Waals surface area contributed by atoms with E-state index in [-0.39, 0.29) is 17.5 Å². The molecule has 5 heteroatoms. The van der Waals surface area contributed by atoms with E-state index >= 15 is 0 Å². The molecule has 2 saturated carbocycles. The lowest BCUT2D eigenvalue weighted by molar-refractivity contribution is 0.0963. The van der Waals surface area contributed by atoms with E-state index in [1.807, 2.05) is 18.2 Å². The van der Waals surface area contributed by atoms with E-state index in [1.54, 1.807) is 6.07 Å². The van der Waals surface area contributed by atoms with Crippen LogP contribution in [0.4, 0.5) is 10.1 Å². The van der Waals surface area contributed by atoms with Gasteiger partial charge in [0.05, 0.1) is 11.6 Å². The van der Waals surface area contributed by atoms with Gasteiger partial charge in [0.25, 0.3) is 5.91 Å². The van der Waals surface area contributed by atoms with Crippen molar-refractivity contribution in [3.05, 3.63) is 64.0 Å². The molecule has 0 spiro atoms. The molecule has 140 valence electrons. The van der Waals surface area contributed by atoms with E-state index < -0.39 is 5.82 Å². The third-order valence-corrected chi connectivity index (χ3v) is 7.48. The van der Waals surface area contributed by atoms with Crippen LogP contribution in [-0.4, -0.2) is 5.91 Å². The third kappa shape index (κ3) is 2.01. The van der Waals surface area contributed by atoms with Crippen molar-refractivity contribution in [2.45, 2.75) is 37.8 Å². The van der Waals surface area contributed by atoms with Gasteiger partial charge < -0.3 is 10.6 Å². The van der Waals surface area contributed by atoms with Crippen LogP contribution in [0.15, 0.2) is 30.3 Å². The molecule has 2 bridgehead atoms. The zero-order valence-electron chi connectivity index (χ0n) is 15.3. The highest BCUT2D eigenvalue weighted by atomic mass is 19.1. The Morgan fingerprint density at radius 2 is 2.00 bits per heavy atom. The van der Waals surface area contributed by atoms with Crippen molar-refractivity contribution in [2.24, 2.45) is 17.8 Å². The van der Waals surface area contributed by atoms with Crippen LogP contribution in [0.3, 0.4) is 0 Å². The number of carbonyl (C=O) groups excluding carboxylic acids is 1. The number of hydrogen-bond acceptors (Lipinski definition) is 3. The van der Waals surface area contributed by atoms with Gasteiger partial charge in [0.15, 0.2) is 0 Å². The topological polar surface area (TPSA) is 64.9 Å². The van der Waals surface area contributed by atoms with Crippen LogP contribution in [0.2, 0.25) is 0 Å². The van der Waals surface area contributed by atoms with Gasteiger partial charge in [-0.2, -0.15) is 5.26 Å². The fourth-order valence-corrected chi connectivity index (χ4v) is 6.45. The van der Waals surface area contributed by atoms with Crippen molar-refractivity contribution in [2.75, 3.05) is 5.32 Å². The summed E-state index contributed by atoms with van der Waals surface area (Å²) < 4.78 is 13.9. The van der Waals surface area contributed by atoms with Gasteiger partial charge in [-0.15, -0.1) is 0 Å². The van der Waals surface area contributed by atoms with Gasteiger partial charge in [-0.3, -0.25) is 4.79 Å². The summed E-state index contributed by atoms with van der Waals surface area (Å²) >= 11 is 0. The van der Waals surface area contributed by atoms with Crippen molar-refractivity contribution in [1.29, 1.82) is 5.26 Å². The first-order valence-electron chi connectivity index (χ1n) is 10.1. The number of anilines is 1. The highest BCUT2D eigenvalue weighted by Gasteiger charge is 2.55. The van der Waals surface area contributed by atoms with E-state index in [0.29, 0.717) is 30.2 Å². The van der Waals surface area contributed by atoms with Crippen molar-refractivity contribution in [1.82, 2.24) is 5.32 Å². The van der Waals surface area contributed by atoms with E-state index in [4.69, 9.17) is 0 Å². The molecule has 2 aromatic rings. The molecule has 2 unspecified atom stereocenters. The number of amides is 1. The van der Waals surface area contributed by atoms with Crippen LogP contribution in [-0.2, 0) is 6.54 Å². The standard InChI is InChI=1S/C23H20FN3O/c24-16-5-3-13(8-15(16)9-25)22-19-12-2-1-11(7-12)18(19)21-17(27-22)6-4-14-10-26-23(28)20(14)21/h3-6,8,11-12,18-19,22,27H,1-2,7,10H2,(H,26,28)/t11?,12?,18-,19+,22-/m0/s1. The minimum atomic E-state index is -0.471. The molecule has 28 heavy (non-hydrogen) atoms. The second-order valence-corrected chi connectivity index (χ2v) is 8.65. The molecule has 4 nitrogen and oxygen atoms in total. The van der Waals surface area contributed by atoms with Gasteiger partial charge in [0, 0.05) is 17.8 Å². The lowest BCUT2D eigenvalue weighted by atomic mass is 9.66. The summed E-state index contributed by atoms with van der Waals surface area (Å²) in [6.07, 6.45) is 3.63. The molecule has 0 aromatic heterocycles. The van der Waals surface area contributed by atoms with E-state index in [9.17, 15) is 14.4 Å². The second kappa shape index (κ2) is 5.57. The number of nitrogens with zero attached hydrogens (tertiary/aromatic N) is 1. The minimum Gasteiger partial charge on any atom is -0.378 e. The summed E-state index contributed by atoms with van der Waals surface area (Å²) in [7, 11) is 0. The maximum Gasteiger partial charge on any atom is 0.252 e. The number of nitriles is 1. The monoisotopic (exact) mass is 373 g/mol. The fourth-order valence-electron chi connectivity index (χ4n) is 6.45. The van der Waals surface area contributed by atoms with Crippen LogP contribution in [0.5, 0.6) is 0 Å². The molecule has 2 heterocycles. The first-order chi connectivity index (χ1) is 13.7. The average Bonchev–Trinajstić information content (AvgIpc) is 3.43. The SMILES string of the molecule is N#Cc1cc([C@@H]2Nc3ccc4c(c3[C@H]3C5CCC(C5)[C@@H]23)C(=O)NC4)ccc1F. The van der Waals surface area contributed by atoms with Crippen LogP contribution in [0.1, 0.15) is 63.8 Å². The molecule has 0 saturated heterocycles. The Kier molecular flexibility index (Phi) is 3.21. The Balaban J connectivity index is 1.53. The summed E-state index contributed by atoms with van der Waals surface area (Å²) in [6, 6.07) is 11.1. The molecule has 1 amide bonds. The highest BCUT2D eigenvalue weighted by molar-refractivity contribution is 6.01. The van der Waals surface area contributed by atoms with Crippen molar-refractivity contribution in [3.8, 4) is 6.07 Å². The largest absolute Gasteiger partial charge is 0.378 e. The second-order valence-electron chi connectivity index (χ2n) is 8.65. The van der Waals surface area contributed by atoms with Crippen LogP contribution in [0.25, 0.3) is 0 Å². The maximum atomic E-state index is 13.9. The summed E-state index contributed by atoms with van der Waals surface area (Å²) in [5, 5.41) is 15.9. The van der Waals surface area contributed by atoms with Gasteiger partial charge in [-0.05, 0) is 77.8 Å². The van der Waals surface area contributed by atoms with Gasteiger partial charge in [-0.1, -0.05) is 12.1 Å². The van der Waals surface area contributed by atoms with Crippen LogP contribution < -0.4 is 10.6 Å². The van der Waals surface area contributed by atoms with Gasteiger partial charge in [-0.25, -0.2) is 4.39 Å². The number of nitrogens with one attached hydrogen (secondary N) is 2.